The molecular formula is C7H10N2O2. The first kappa shape index (κ1) is 7.78. The van der Waals surface area contributed by atoms with Crippen LogP contribution in [0.5, 0.6) is 0 Å². The Hall–Kier alpha value is -1.32. The number of nitrogens with one attached hydrogen (secondary N) is 1. The van der Waals surface area contributed by atoms with Crippen LogP contribution in [0.1, 0.15) is 24.4 Å². The second kappa shape index (κ2) is 3.18. The quantitative estimate of drug-likeness (QED) is 0.685. The Morgan fingerprint density at radius 3 is 2.91 bits per heavy atom. The third kappa shape index (κ3) is 2.07. The first-order chi connectivity index (χ1) is 5.20. The molecular weight excluding hydrogens is 144 g/mol. The number of nitrogens with zero attached hydrogens (tertiary/aromatic N) is 1. The van der Waals surface area contributed by atoms with Crippen molar-refractivity contribution in [3.8, 4) is 0 Å². The number of hydrogen-bond donors (Lipinski definition) is 1. The highest BCUT2D eigenvalue weighted by Crippen LogP contribution is 1.95. The van der Waals surface area contributed by atoms with Gasteiger partial charge in [-0.15, -0.1) is 0 Å². The van der Waals surface area contributed by atoms with E-state index in [1.54, 1.807) is 0 Å². The fourth-order valence-electron chi connectivity index (χ4n) is 0.666. The molecule has 4 nitrogen and oxygen atoms in total. The Kier molecular flexibility index (Phi) is 2.25. The minimum Gasteiger partial charge on any atom is -0.351 e. The molecule has 4 heteroatoms. The first-order valence-corrected chi connectivity index (χ1v) is 3.41. The van der Waals surface area contributed by atoms with Crippen LogP contribution in [0.4, 0.5) is 0 Å². The summed E-state index contributed by atoms with van der Waals surface area (Å²) in [7, 11) is 0. The molecule has 0 spiro atoms. The lowest BCUT2D eigenvalue weighted by molar-refractivity contribution is 0.0906. The van der Waals surface area contributed by atoms with Gasteiger partial charge in [-0.2, -0.15) is 0 Å². The Morgan fingerprint density at radius 2 is 2.45 bits per heavy atom. The zero-order valence-electron chi connectivity index (χ0n) is 6.50. The SMILES string of the molecule is CC(C)NC(=O)c1ccno1. The molecule has 11 heavy (non-hydrogen) atoms. The van der Waals surface area contributed by atoms with E-state index in [4.69, 9.17) is 0 Å². The first-order valence-electron chi connectivity index (χ1n) is 3.41. The van der Waals surface area contributed by atoms with Gasteiger partial charge in [0.25, 0.3) is 5.91 Å². The van der Waals surface area contributed by atoms with E-state index in [-0.39, 0.29) is 17.7 Å². The van der Waals surface area contributed by atoms with Gasteiger partial charge in [0.15, 0.2) is 0 Å². The largest absolute Gasteiger partial charge is 0.351 e. The van der Waals surface area contributed by atoms with E-state index in [0.717, 1.165) is 0 Å². The van der Waals surface area contributed by atoms with Crippen LogP contribution in [0, 0.1) is 0 Å². The summed E-state index contributed by atoms with van der Waals surface area (Å²) in [6, 6.07) is 1.64. The maximum Gasteiger partial charge on any atom is 0.290 e. The molecule has 0 aliphatic heterocycles. The average molecular weight is 154 g/mol. The van der Waals surface area contributed by atoms with Gasteiger partial charge in [0.2, 0.25) is 5.76 Å². The predicted octanol–water partition coefficient (Wildman–Crippen LogP) is 0.813. The van der Waals surface area contributed by atoms with Crippen LogP contribution in [0.25, 0.3) is 0 Å². The molecule has 1 aromatic heterocycles. The van der Waals surface area contributed by atoms with Crippen molar-refractivity contribution in [2.75, 3.05) is 0 Å². The third-order valence-electron chi connectivity index (χ3n) is 1.08. The van der Waals surface area contributed by atoms with Crippen molar-refractivity contribution in [3.05, 3.63) is 18.0 Å². The summed E-state index contributed by atoms with van der Waals surface area (Å²) in [4.78, 5) is 11.1. The van der Waals surface area contributed by atoms with E-state index in [0.29, 0.717) is 0 Å². The number of carbonyl (C=O) groups excluding carboxylic acids is 1. The summed E-state index contributed by atoms with van der Waals surface area (Å²) in [5.41, 5.74) is 0. The smallest absolute Gasteiger partial charge is 0.290 e. The normalized spacial score (nSPS) is 10.1. The van der Waals surface area contributed by atoms with Crippen molar-refractivity contribution in [1.82, 2.24) is 10.5 Å². The zero-order valence-corrected chi connectivity index (χ0v) is 6.50. The lowest BCUT2D eigenvalue weighted by atomic mass is 10.3. The number of carbonyl (C=O) groups is 1. The molecule has 0 saturated heterocycles. The van der Waals surface area contributed by atoms with Crippen molar-refractivity contribution in [2.24, 2.45) is 0 Å². The second-order valence-electron chi connectivity index (χ2n) is 2.50. The lowest BCUT2D eigenvalue weighted by Crippen LogP contribution is -2.29. The molecule has 1 heterocycles. The summed E-state index contributed by atoms with van der Waals surface area (Å²) < 4.78 is 4.63. The van der Waals surface area contributed by atoms with Crippen LogP contribution in [-0.4, -0.2) is 17.1 Å². The number of rotatable bonds is 2. The van der Waals surface area contributed by atoms with Gasteiger partial charge in [-0.1, -0.05) is 5.16 Å². The summed E-state index contributed by atoms with van der Waals surface area (Å²) in [5.74, 6) is 0.0243. The Balaban J connectivity index is 2.57. The maximum atomic E-state index is 11.1. The molecule has 1 N–H and O–H groups in total. The van der Waals surface area contributed by atoms with Gasteiger partial charge in [-0.25, -0.2) is 0 Å². The number of aromatic nitrogens is 1. The van der Waals surface area contributed by atoms with Crippen molar-refractivity contribution >= 4 is 5.91 Å². The van der Waals surface area contributed by atoms with Gasteiger partial charge >= 0.3 is 0 Å². The van der Waals surface area contributed by atoms with Crippen molar-refractivity contribution in [2.45, 2.75) is 19.9 Å². The minimum absolute atomic E-state index is 0.118. The van der Waals surface area contributed by atoms with Crippen LogP contribution in [0.15, 0.2) is 16.8 Å². The maximum absolute atomic E-state index is 11.1. The molecule has 0 aromatic carbocycles. The number of hydrogen-bond acceptors (Lipinski definition) is 3. The van der Waals surface area contributed by atoms with E-state index in [9.17, 15) is 4.79 Å². The van der Waals surface area contributed by atoms with Crippen molar-refractivity contribution in [1.29, 1.82) is 0 Å². The van der Waals surface area contributed by atoms with Gasteiger partial charge < -0.3 is 9.84 Å². The molecule has 0 aliphatic carbocycles. The molecule has 1 aromatic rings. The van der Waals surface area contributed by atoms with E-state index >= 15 is 0 Å². The molecule has 1 rings (SSSR count). The molecule has 0 saturated carbocycles. The monoisotopic (exact) mass is 154 g/mol. The van der Waals surface area contributed by atoms with Crippen LogP contribution < -0.4 is 5.32 Å². The molecule has 1 amide bonds. The molecule has 0 aliphatic rings. The zero-order chi connectivity index (χ0) is 8.27. The van der Waals surface area contributed by atoms with E-state index < -0.39 is 0 Å². The molecule has 0 fully saturated rings. The van der Waals surface area contributed by atoms with Crippen LogP contribution in [0.3, 0.4) is 0 Å². The van der Waals surface area contributed by atoms with Crippen LogP contribution in [0.2, 0.25) is 0 Å². The van der Waals surface area contributed by atoms with Crippen molar-refractivity contribution in [3.63, 3.8) is 0 Å². The van der Waals surface area contributed by atoms with Gasteiger partial charge in [-0.3, -0.25) is 4.79 Å². The van der Waals surface area contributed by atoms with Gasteiger partial charge in [0, 0.05) is 12.1 Å². The van der Waals surface area contributed by atoms with Crippen LogP contribution >= 0.6 is 0 Å². The molecule has 60 valence electrons. The topological polar surface area (TPSA) is 55.1 Å². The predicted molar refractivity (Wildman–Crippen MR) is 39.1 cm³/mol. The number of amides is 1. The van der Waals surface area contributed by atoms with E-state index in [1.807, 2.05) is 13.8 Å². The molecule has 0 bridgehead atoms. The summed E-state index contributed by atoms with van der Waals surface area (Å²) in [6.07, 6.45) is 1.44. The Morgan fingerprint density at radius 1 is 1.73 bits per heavy atom. The summed E-state index contributed by atoms with van der Waals surface area (Å²) in [5, 5.41) is 6.09. The Bertz CT molecular complexity index is 229. The van der Waals surface area contributed by atoms with Gasteiger partial charge in [0.05, 0.1) is 6.20 Å². The van der Waals surface area contributed by atoms with E-state index in [2.05, 4.69) is 15.0 Å². The van der Waals surface area contributed by atoms with Gasteiger partial charge in [0.1, 0.15) is 0 Å². The Labute approximate surface area is 64.6 Å². The fourth-order valence-corrected chi connectivity index (χ4v) is 0.666. The average Bonchev–Trinajstić information content (AvgIpc) is 2.35. The molecule has 0 atom stereocenters. The third-order valence-corrected chi connectivity index (χ3v) is 1.08. The highest BCUT2D eigenvalue weighted by atomic mass is 16.5. The molecule has 0 unspecified atom stereocenters. The van der Waals surface area contributed by atoms with Crippen molar-refractivity contribution < 1.29 is 9.32 Å². The summed E-state index contributed by atoms with van der Waals surface area (Å²) >= 11 is 0. The van der Waals surface area contributed by atoms with Gasteiger partial charge in [-0.05, 0) is 13.8 Å². The lowest BCUT2D eigenvalue weighted by Gasteiger charge is -2.04. The summed E-state index contributed by atoms with van der Waals surface area (Å²) in [6.45, 7) is 3.77. The highest BCUT2D eigenvalue weighted by molar-refractivity contribution is 5.91. The minimum atomic E-state index is -0.225. The standard InChI is InChI=1S/C7H10N2O2/c1-5(2)9-7(10)6-3-4-8-11-6/h3-5H,1-2H3,(H,9,10). The molecule has 0 radical (unpaired) electrons. The fraction of sp³-hybridized carbons (Fsp3) is 0.429. The highest BCUT2D eigenvalue weighted by Gasteiger charge is 2.09. The second-order valence-corrected chi connectivity index (χ2v) is 2.50. The van der Waals surface area contributed by atoms with E-state index in [1.165, 1.54) is 12.3 Å². The van der Waals surface area contributed by atoms with Crippen LogP contribution in [-0.2, 0) is 0 Å².